The number of para-hydroxylation sites is 1. The van der Waals surface area contributed by atoms with E-state index in [9.17, 15) is 0 Å². The number of nitrogens with one attached hydrogen (secondary N) is 1. The first-order chi connectivity index (χ1) is 9.08. The molecule has 1 N–H and O–H groups in total. The van der Waals surface area contributed by atoms with Gasteiger partial charge in [-0.25, -0.2) is 0 Å². The van der Waals surface area contributed by atoms with Gasteiger partial charge in [0, 0.05) is 30.9 Å². The molecule has 2 nitrogen and oxygen atoms in total. The Hall–Kier alpha value is -1.02. The summed E-state index contributed by atoms with van der Waals surface area (Å²) in [6, 6.07) is 11.8. The van der Waals surface area contributed by atoms with Crippen LogP contribution in [-0.2, 0) is 0 Å². The summed E-state index contributed by atoms with van der Waals surface area (Å²) in [6.45, 7) is 11.8. The predicted octanol–water partition coefficient (Wildman–Crippen LogP) is 3.85. The molecular weight excluding hydrogens is 232 g/mol. The maximum atomic E-state index is 3.55. The van der Waals surface area contributed by atoms with E-state index in [0.717, 1.165) is 18.4 Å². The van der Waals surface area contributed by atoms with Crippen LogP contribution in [0.5, 0.6) is 0 Å². The van der Waals surface area contributed by atoms with Crippen molar-refractivity contribution in [2.75, 3.05) is 18.4 Å². The topological polar surface area (TPSA) is 15.3 Å². The van der Waals surface area contributed by atoms with Gasteiger partial charge in [-0.15, -0.1) is 0 Å². The molecule has 0 bridgehead atoms. The SMILES string of the molecule is CC1CC(C)C(C)N(C(C)CNc2ccccc2)C1. The van der Waals surface area contributed by atoms with Crippen molar-refractivity contribution in [3.63, 3.8) is 0 Å². The van der Waals surface area contributed by atoms with Gasteiger partial charge in [-0.05, 0) is 44.2 Å². The van der Waals surface area contributed by atoms with Crippen LogP contribution in [0.4, 0.5) is 5.69 Å². The van der Waals surface area contributed by atoms with Crippen LogP contribution in [0.25, 0.3) is 0 Å². The summed E-state index contributed by atoms with van der Waals surface area (Å²) in [7, 11) is 0. The number of hydrogen-bond donors (Lipinski definition) is 1. The lowest BCUT2D eigenvalue weighted by Crippen LogP contribution is -2.51. The Morgan fingerprint density at radius 1 is 1.21 bits per heavy atom. The Labute approximate surface area is 118 Å². The van der Waals surface area contributed by atoms with E-state index < -0.39 is 0 Å². The quantitative estimate of drug-likeness (QED) is 0.884. The van der Waals surface area contributed by atoms with Gasteiger partial charge in [0.05, 0.1) is 0 Å². The molecule has 1 aliphatic heterocycles. The fourth-order valence-electron chi connectivity index (χ4n) is 3.28. The van der Waals surface area contributed by atoms with E-state index in [1.165, 1.54) is 18.7 Å². The molecule has 0 aliphatic carbocycles. The maximum absolute atomic E-state index is 3.55. The van der Waals surface area contributed by atoms with Crippen LogP contribution >= 0.6 is 0 Å². The molecule has 4 unspecified atom stereocenters. The first-order valence-corrected chi connectivity index (χ1v) is 7.62. The summed E-state index contributed by atoms with van der Waals surface area (Å²) < 4.78 is 0. The lowest BCUT2D eigenvalue weighted by molar-refractivity contribution is 0.0510. The molecular formula is C17H28N2. The molecule has 1 aromatic carbocycles. The highest BCUT2D eigenvalue weighted by Gasteiger charge is 2.31. The first kappa shape index (κ1) is 14.4. The molecule has 1 aliphatic rings. The largest absolute Gasteiger partial charge is 0.383 e. The minimum absolute atomic E-state index is 0.584. The minimum atomic E-state index is 0.584. The second-order valence-electron chi connectivity index (χ2n) is 6.35. The highest BCUT2D eigenvalue weighted by Crippen LogP contribution is 2.28. The fourth-order valence-corrected chi connectivity index (χ4v) is 3.28. The van der Waals surface area contributed by atoms with Crippen molar-refractivity contribution < 1.29 is 0 Å². The maximum Gasteiger partial charge on any atom is 0.0340 e. The van der Waals surface area contributed by atoms with Crippen LogP contribution in [0.3, 0.4) is 0 Å². The van der Waals surface area contributed by atoms with E-state index in [-0.39, 0.29) is 0 Å². The van der Waals surface area contributed by atoms with E-state index in [2.05, 4.69) is 68.2 Å². The van der Waals surface area contributed by atoms with Gasteiger partial charge in [0.1, 0.15) is 0 Å². The molecule has 0 amide bonds. The normalized spacial score (nSPS) is 30.0. The van der Waals surface area contributed by atoms with Gasteiger partial charge in [0.2, 0.25) is 0 Å². The van der Waals surface area contributed by atoms with Gasteiger partial charge < -0.3 is 5.32 Å². The van der Waals surface area contributed by atoms with Crippen molar-refractivity contribution in [1.29, 1.82) is 0 Å². The molecule has 1 aromatic rings. The molecule has 2 heteroatoms. The number of likely N-dealkylation sites (tertiary alicyclic amines) is 1. The average molecular weight is 260 g/mol. The number of rotatable bonds is 4. The van der Waals surface area contributed by atoms with Gasteiger partial charge in [-0.1, -0.05) is 32.0 Å². The Morgan fingerprint density at radius 2 is 1.89 bits per heavy atom. The van der Waals surface area contributed by atoms with E-state index in [1.807, 2.05) is 0 Å². The molecule has 2 rings (SSSR count). The lowest BCUT2D eigenvalue weighted by atomic mass is 9.85. The van der Waals surface area contributed by atoms with Crippen molar-refractivity contribution >= 4 is 5.69 Å². The number of anilines is 1. The minimum Gasteiger partial charge on any atom is -0.383 e. The smallest absolute Gasteiger partial charge is 0.0340 e. The lowest BCUT2D eigenvalue weighted by Gasteiger charge is -2.44. The zero-order valence-corrected chi connectivity index (χ0v) is 12.8. The number of benzene rings is 1. The molecule has 0 saturated carbocycles. The second-order valence-corrected chi connectivity index (χ2v) is 6.35. The van der Waals surface area contributed by atoms with Crippen molar-refractivity contribution in [3.8, 4) is 0 Å². The van der Waals surface area contributed by atoms with Crippen LogP contribution in [0.1, 0.15) is 34.1 Å². The van der Waals surface area contributed by atoms with E-state index >= 15 is 0 Å². The molecule has 0 radical (unpaired) electrons. The second kappa shape index (κ2) is 6.42. The fraction of sp³-hybridized carbons (Fsp3) is 0.647. The van der Waals surface area contributed by atoms with E-state index in [4.69, 9.17) is 0 Å². The average Bonchev–Trinajstić information content (AvgIpc) is 2.41. The van der Waals surface area contributed by atoms with Gasteiger partial charge in [-0.2, -0.15) is 0 Å². The Bertz CT molecular complexity index is 376. The Kier molecular flexibility index (Phi) is 4.87. The molecule has 1 saturated heterocycles. The standard InChI is InChI=1S/C17H28N2/c1-13-10-14(2)16(4)19(12-13)15(3)11-18-17-8-6-5-7-9-17/h5-9,13-16,18H,10-12H2,1-4H3. The number of piperidine rings is 1. The third kappa shape index (κ3) is 3.73. The molecule has 106 valence electrons. The van der Waals surface area contributed by atoms with Crippen molar-refractivity contribution in [2.45, 2.75) is 46.2 Å². The van der Waals surface area contributed by atoms with Crippen LogP contribution in [-0.4, -0.2) is 30.1 Å². The monoisotopic (exact) mass is 260 g/mol. The summed E-state index contributed by atoms with van der Waals surface area (Å²) in [5, 5.41) is 3.55. The Morgan fingerprint density at radius 3 is 2.58 bits per heavy atom. The number of nitrogens with zero attached hydrogens (tertiary/aromatic N) is 1. The third-order valence-corrected chi connectivity index (χ3v) is 4.58. The zero-order valence-electron chi connectivity index (χ0n) is 12.8. The number of hydrogen-bond acceptors (Lipinski definition) is 2. The highest BCUT2D eigenvalue weighted by molar-refractivity contribution is 5.42. The predicted molar refractivity (Wildman–Crippen MR) is 83.5 cm³/mol. The van der Waals surface area contributed by atoms with Crippen LogP contribution in [0.2, 0.25) is 0 Å². The molecule has 4 atom stereocenters. The zero-order chi connectivity index (χ0) is 13.8. The summed E-state index contributed by atoms with van der Waals surface area (Å²) >= 11 is 0. The van der Waals surface area contributed by atoms with Crippen LogP contribution in [0.15, 0.2) is 30.3 Å². The summed E-state index contributed by atoms with van der Waals surface area (Å²) in [6.07, 6.45) is 1.37. The molecule has 0 spiro atoms. The van der Waals surface area contributed by atoms with Crippen LogP contribution < -0.4 is 5.32 Å². The molecule has 19 heavy (non-hydrogen) atoms. The summed E-state index contributed by atoms with van der Waals surface area (Å²) in [5.41, 5.74) is 1.22. The first-order valence-electron chi connectivity index (χ1n) is 7.62. The van der Waals surface area contributed by atoms with Gasteiger partial charge in [0.15, 0.2) is 0 Å². The Balaban J connectivity index is 1.90. The highest BCUT2D eigenvalue weighted by atomic mass is 15.2. The van der Waals surface area contributed by atoms with Gasteiger partial charge >= 0.3 is 0 Å². The summed E-state index contributed by atoms with van der Waals surface area (Å²) in [5.74, 6) is 1.63. The molecule has 1 fully saturated rings. The van der Waals surface area contributed by atoms with E-state index in [1.54, 1.807) is 0 Å². The summed E-state index contributed by atoms with van der Waals surface area (Å²) in [4.78, 5) is 2.68. The molecule has 1 heterocycles. The van der Waals surface area contributed by atoms with Crippen molar-refractivity contribution in [1.82, 2.24) is 4.90 Å². The molecule has 0 aromatic heterocycles. The van der Waals surface area contributed by atoms with E-state index in [0.29, 0.717) is 12.1 Å². The van der Waals surface area contributed by atoms with Crippen LogP contribution in [0, 0.1) is 11.8 Å². The van der Waals surface area contributed by atoms with Gasteiger partial charge in [-0.3, -0.25) is 4.90 Å². The van der Waals surface area contributed by atoms with Crippen molar-refractivity contribution in [3.05, 3.63) is 30.3 Å². The van der Waals surface area contributed by atoms with Gasteiger partial charge in [0.25, 0.3) is 0 Å². The third-order valence-electron chi connectivity index (χ3n) is 4.58. The van der Waals surface area contributed by atoms with Crippen molar-refractivity contribution in [2.24, 2.45) is 11.8 Å².